The average molecular weight is 427 g/mol. The van der Waals surface area contributed by atoms with Crippen LogP contribution in [0, 0.1) is 13.8 Å². The van der Waals surface area contributed by atoms with Crippen LogP contribution in [0.25, 0.3) is 0 Å². The molecule has 0 bridgehead atoms. The summed E-state index contributed by atoms with van der Waals surface area (Å²) in [5, 5.41) is 0. The van der Waals surface area contributed by atoms with Gasteiger partial charge in [-0.2, -0.15) is 0 Å². The number of fused-ring (bicyclic) bond motifs is 1. The first kappa shape index (κ1) is 23.1. The Labute approximate surface area is 184 Å². The Kier molecular flexibility index (Phi) is 7.55. The second kappa shape index (κ2) is 10.1. The number of rotatable bonds is 9. The van der Waals surface area contributed by atoms with Crippen molar-refractivity contribution in [1.82, 2.24) is 9.88 Å². The maximum Gasteiger partial charge on any atom is 0.256 e. The quantitative estimate of drug-likeness (QED) is 0.620. The summed E-state index contributed by atoms with van der Waals surface area (Å²) in [5.41, 5.74) is 6.63. The van der Waals surface area contributed by atoms with Gasteiger partial charge in [0, 0.05) is 31.5 Å². The highest BCUT2D eigenvalue weighted by Crippen LogP contribution is 2.31. The van der Waals surface area contributed by atoms with E-state index < -0.39 is 0 Å². The normalized spacial score (nSPS) is 13.5. The molecular formula is C25H34N2O4. The molecule has 168 valence electrons. The molecule has 0 radical (unpaired) electrons. The van der Waals surface area contributed by atoms with E-state index in [-0.39, 0.29) is 18.0 Å². The molecule has 0 saturated carbocycles. The average Bonchev–Trinajstić information content (AvgIpc) is 2.74. The lowest BCUT2D eigenvalue weighted by Crippen LogP contribution is -2.40. The fourth-order valence-corrected chi connectivity index (χ4v) is 4.61. The second-order valence-electron chi connectivity index (χ2n) is 8.29. The number of carbonyl (C=O) groups excluding carboxylic acids is 1. The number of nitrogens with one attached hydrogen (secondary N) is 1. The van der Waals surface area contributed by atoms with Crippen LogP contribution in [0.4, 0.5) is 0 Å². The minimum atomic E-state index is -0.200. The van der Waals surface area contributed by atoms with E-state index in [1.165, 1.54) is 11.1 Å². The van der Waals surface area contributed by atoms with Crippen molar-refractivity contribution >= 4 is 5.91 Å². The summed E-state index contributed by atoms with van der Waals surface area (Å²) in [6.07, 6.45) is 4.60. The van der Waals surface area contributed by atoms with Crippen molar-refractivity contribution in [2.45, 2.75) is 59.4 Å². The fraction of sp³-hybridized carbons (Fsp3) is 0.520. The second-order valence-corrected chi connectivity index (χ2v) is 8.29. The molecule has 0 spiro atoms. The van der Waals surface area contributed by atoms with Crippen molar-refractivity contribution in [3.05, 3.63) is 61.6 Å². The van der Waals surface area contributed by atoms with Crippen molar-refractivity contribution in [3.8, 4) is 5.75 Å². The molecule has 0 fully saturated rings. The monoisotopic (exact) mass is 426 g/mol. The molecule has 0 unspecified atom stereocenters. The summed E-state index contributed by atoms with van der Waals surface area (Å²) in [6, 6.07) is 4.07. The van der Waals surface area contributed by atoms with E-state index in [4.69, 9.17) is 9.47 Å². The van der Waals surface area contributed by atoms with E-state index in [9.17, 15) is 9.59 Å². The Morgan fingerprint density at radius 1 is 1.10 bits per heavy atom. The number of H-pyrrole nitrogens is 1. The SMILES string of the molecule is CCc1c(CCCCOC)cc(C)c2c1C(=O)N(Cc1c(OC)cc(C)[nH]c1=O)CC2. The summed E-state index contributed by atoms with van der Waals surface area (Å²) < 4.78 is 10.6. The third-order valence-electron chi connectivity index (χ3n) is 6.19. The first-order valence-corrected chi connectivity index (χ1v) is 11.1. The van der Waals surface area contributed by atoms with Crippen molar-refractivity contribution in [2.75, 3.05) is 27.4 Å². The van der Waals surface area contributed by atoms with E-state index in [0.717, 1.165) is 61.1 Å². The molecule has 0 saturated heterocycles. The summed E-state index contributed by atoms with van der Waals surface area (Å²) >= 11 is 0. The third kappa shape index (κ3) is 4.85. The Bertz CT molecular complexity index is 1010. The zero-order chi connectivity index (χ0) is 22.5. The zero-order valence-electron chi connectivity index (χ0n) is 19.4. The number of amides is 1. The van der Waals surface area contributed by atoms with Gasteiger partial charge in [-0.1, -0.05) is 13.0 Å². The van der Waals surface area contributed by atoms with Crippen molar-refractivity contribution < 1.29 is 14.3 Å². The Balaban J connectivity index is 1.94. The lowest BCUT2D eigenvalue weighted by atomic mass is 9.84. The molecule has 2 aromatic rings. The van der Waals surface area contributed by atoms with E-state index >= 15 is 0 Å². The topological polar surface area (TPSA) is 71.6 Å². The number of ether oxygens (including phenoxy) is 2. The van der Waals surface area contributed by atoms with Crippen LogP contribution in [0.3, 0.4) is 0 Å². The predicted molar refractivity (Wildman–Crippen MR) is 122 cm³/mol. The van der Waals surface area contributed by atoms with Crippen LogP contribution in [-0.4, -0.2) is 43.2 Å². The van der Waals surface area contributed by atoms with Gasteiger partial charge >= 0.3 is 0 Å². The number of pyridine rings is 1. The molecule has 1 N–H and O–H groups in total. The Morgan fingerprint density at radius 2 is 1.87 bits per heavy atom. The maximum absolute atomic E-state index is 13.6. The Hall–Kier alpha value is -2.60. The van der Waals surface area contributed by atoms with Gasteiger partial charge in [-0.05, 0) is 74.3 Å². The van der Waals surface area contributed by atoms with Gasteiger partial charge in [0.05, 0.1) is 19.2 Å². The van der Waals surface area contributed by atoms with Gasteiger partial charge in [0.1, 0.15) is 5.75 Å². The first-order chi connectivity index (χ1) is 14.9. The molecule has 6 nitrogen and oxygen atoms in total. The number of nitrogens with zero attached hydrogens (tertiary/aromatic N) is 1. The van der Waals surface area contributed by atoms with Gasteiger partial charge in [0.2, 0.25) is 0 Å². The lowest BCUT2D eigenvalue weighted by molar-refractivity contribution is 0.0723. The van der Waals surface area contributed by atoms with E-state index in [0.29, 0.717) is 17.9 Å². The number of aromatic amines is 1. The van der Waals surface area contributed by atoms with E-state index in [1.54, 1.807) is 25.2 Å². The van der Waals surface area contributed by atoms with Gasteiger partial charge in [-0.15, -0.1) is 0 Å². The van der Waals surface area contributed by atoms with Crippen LogP contribution in [0.2, 0.25) is 0 Å². The molecule has 31 heavy (non-hydrogen) atoms. The number of methoxy groups -OCH3 is 2. The summed E-state index contributed by atoms with van der Waals surface area (Å²) in [7, 11) is 3.28. The van der Waals surface area contributed by atoms with Crippen LogP contribution in [0.15, 0.2) is 16.9 Å². The molecule has 6 heteroatoms. The zero-order valence-corrected chi connectivity index (χ0v) is 19.4. The van der Waals surface area contributed by atoms with Crippen LogP contribution in [0.1, 0.15) is 63.6 Å². The molecule has 0 aliphatic carbocycles. The Morgan fingerprint density at radius 3 is 2.55 bits per heavy atom. The van der Waals surface area contributed by atoms with Gasteiger partial charge in [-0.3, -0.25) is 9.59 Å². The highest BCUT2D eigenvalue weighted by atomic mass is 16.5. The number of benzene rings is 1. The van der Waals surface area contributed by atoms with Gasteiger partial charge in [-0.25, -0.2) is 0 Å². The molecule has 2 heterocycles. The van der Waals surface area contributed by atoms with Crippen molar-refractivity contribution in [3.63, 3.8) is 0 Å². The fourth-order valence-electron chi connectivity index (χ4n) is 4.61. The summed E-state index contributed by atoms with van der Waals surface area (Å²) in [5.74, 6) is 0.542. The van der Waals surface area contributed by atoms with Crippen LogP contribution >= 0.6 is 0 Å². The van der Waals surface area contributed by atoms with Crippen LogP contribution in [0.5, 0.6) is 5.75 Å². The first-order valence-electron chi connectivity index (χ1n) is 11.1. The lowest BCUT2D eigenvalue weighted by Gasteiger charge is -2.32. The molecule has 1 aromatic carbocycles. The number of hydrogen-bond donors (Lipinski definition) is 1. The van der Waals surface area contributed by atoms with Gasteiger partial charge < -0.3 is 19.4 Å². The number of aryl methyl sites for hydroxylation is 3. The highest BCUT2D eigenvalue weighted by Gasteiger charge is 2.30. The number of carbonyl (C=O) groups is 1. The maximum atomic E-state index is 13.6. The molecule has 1 aliphatic rings. The van der Waals surface area contributed by atoms with Crippen molar-refractivity contribution in [1.29, 1.82) is 0 Å². The molecule has 1 amide bonds. The molecule has 3 rings (SSSR count). The number of unbranched alkanes of at least 4 members (excludes halogenated alkanes) is 1. The number of hydrogen-bond acceptors (Lipinski definition) is 4. The highest BCUT2D eigenvalue weighted by molar-refractivity contribution is 5.99. The van der Waals surface area contributed by atoms with Gasteiger partial charge in [0.15, 0.2) is 0 Å². The minimum absolute atomic E-state index is 0.0157. The predicted octanol–water partition coefficient (Wildman–Crippen LogP) is 3.73. The molecular weight excluding hydrogens is 392 g/mol. The van der Waals surface area contributed by atoms with Gasteiger partial charge in [0.25, 0.3) is 11.5 Å². The largest absolute Gasteiger partial charge is 0.496 e. The van der Waals surface area contributed by atoms with Crippen LogP contribution in [-0.2, 0) is 30.5 Å². The molecule has 1 aromatic heterocycles. The molecule has 1 aliphatic heterocycles. The molecule has 0 atom stereocenters. The summed E-state index contributed by atoms with van der Waals surface area (Å²) in [4.78, 5) is 30.8. The third-order valence-corrected chi connectivity index (χ3v) is 6.19. The smallest absolute Gasteiger partial charge is 0.256 e. The van der Waals surface area contributed by atoms with E-state index in [2.05, 4.69) is 24.9 Å². The summed E-state index contributed by atoms with van der Waals surface area (Å²) in [6.45, 7) is 7.64. The van der Waals surface area contributed by atoms with Crippen LogP contribution < -0.4 is 10.3 Å². The minimum Gasteiger partial charge on any atom is -0.496 e. The van der Waals surface area contributed by atoms with Crippen molar-refractivity contribution in [2.24, 2.45) is 0 Å². The van der Waals surface area contributed by atoms with E-state index in [1.807, 2.05) is 6.92 Å². The number of aromatic nitrogens is 1. The standard InChI is InChI=1S/C25H34N2O4/c1-6-19-18(9-7-8-12-30-4)13-16(2)20-10-11-27(25(29)23(19)20)15-21-22(31-5)14-17(3)26-24(21)28/h13-14H,6-12,15H2,1-5H3,(H,26,28).